The number of nitrogens with zero attached hydrogens (tertiary/aromatic N) is 1. The summed E-state index contributed by atoms with van der Waals surface area (Å²) in [6.45, 7) is 6.67. The normalized spacial score (nSPS) is 13.2. The summed E-state index contributed by atoms with van der Waals surface area (Å²) in [4.78, 5) is 12.6. The lowest BCUT2D eigenvalue weighted by atomic mass is 9.84. The van der Waals surface area contributed by atoms with Crippen LogP contribution in [0.2, 0.25) is 0 Å². The first-order valence-electron chi connectivity index (χ1n) is 7.83. The van der Waals surface area contributed by atoms with Gasteiger partial charge in [-0.2, -0.15) is 5.26 Å². The van der Waals surface area contributed by atoms with Gasteiger partial charge in [0.1, 0.15) is 11.7 Å². The fourth-order valence-electron chi connectivity index (χ4n) is 2.46. The smallest absolute Gasteiger partial charge is 0.157 e. The lowest BCUT2D eigenvalue weighted by molar-refractivity contribution is -0.123. The number of unbranched alkanes of at least 4 members (excludes halogenated alkanes) is 1. The van der Waals surface area contributed by atoms with Crippen LogP contribution in [-0.4, -0.2) is 12.4 Å². The summed E-state index contributed by atoms with van der Waals surface area (Å²) in [5.74, 6) is 0.143. The molecule has 0 amide bonds. The molecule has 0 saturated carbocycles. The van der Waals surface area contributed by atoms with Crippen LogP contribution in [0.5, 0.6) is 5.75 Å². The minimum atomic E-state index is -0.664. The minimum Gasteiger partial charge on any atom is -0.494 e. The standard InChI is InChI=1S/C18H25NO2/c1-4-7-8-14(5-2)18(20)17(13-19)15-9-11-16(12-10-15)21-6-3/h9-12,14,17H,4-8H2,1-3H3. The molecular weight excluding hydrogens is 262 g/mol. The third-order valence-electron chi connectivity index (χ3n) is 3.74. The van der Waals surface area contributed by atoms with Gasteiger partial charge in [0.15, 0.2) is 5.78 Å². The van der Waals surface area contributed by atoms with Gasteiger partial charge in [-0.05, 0) is 37.5 Å². The lowest BCUT2D eigenvalue weighted by Crippen LogP contribution is -2.21. The number of nitriles is 1. The van der Waals surface area contributed by atoms with Crippen molar-refractivity contribution >= 4 is 5.78 Å². The van der Waals surface area contributed by atoms with Gasteiger partial charge < -0.3 is 4.74 Å². The van der Waals surface area contributed by atoms with Crippen LogP contribution < -0.4 is 4.74 Å². The van der Waals surface area contributed by atoms with Gasteiger partial charge in [0, 0.05) is 5.92 Å². The quantitative estimate of drug-likeness (QED) is 0.673. The van der Waals surface area contributed by atoms with E-state index in [2.05, 4.69) is 13.0 Å². The molecule has 0 aliphatic rings. The summed E-state index contributed by atoms with van der Waals surface area (Å²) in [6.07, 6.45) is 3.78. The van der Waals surface area contributed by atoms with Crippen molar-refractivity contribution in [2.45, 2.75) is 52.4 Å². The molecule has 0 bridgehead atoms. The highest BCUT2D eigenvalue weighted by Gasteiger charge is 2.26. The van der Waals surface area contributed by atoms with Gasteiger partial charge in [0.05, 0.1) is 12.7 Å². The van der Waals surface area contributed by atoms with Gasteiger partial charge in [-0.25, -0.2) is 0 Å². The van der Waals surface area contributed by atoms with Crippen LogP contribution in [0.3, 0.4) is 0 Å². The number of carbonyl (C=O) groups is 1. The molecule has 0 radical (unpaired) electrons. The van der Waals surface area contributed by atoms with E-state index in [0.29, 0.717) is 6.61 Å². The zero-order chi connectivity index (χ0) is 15.7. The van der Waals surface area contributed by atoms with Crippen molar-refractivity contribution < 1.29 is 9.53 Å². The molecule has 0 saturated heterocycles. The van der Waals surface area contributed by atoms with Crippen molar-refractivity contribution in [1.82, 2.24) is 0 Å². The second-order valence-corrected chi connectivity index (χ2v) is 5.21. The predicted octanol–water partition coefficient (Wildman–Crippen LogP) is 4.48. The van der Waals surface area contributed by atoms with Crippen molar-refractivity contribution in [3.63, 3.8) is 0 Å². The summed E-state index contributed by atoms with van der Waals surface area (Å²) in [5.41, 5.74) is 0.765. The van der Waals surface area contributed by atoms with Crippen molar-refractivity contribution in [3.8, 4) is 11.8 Å². The number of ether oxygens (including phenoxy) is 1. The van der Waals surface area contributed by atoms with Gasteiger partial charge in [-0.3, -0.25) is 4.79 Å². The molecule has 1 rings (SSSR count). The summed E-state index contributed by atoms with van der Waals surface area (Å²) < 4.78 is 5.39. The average molecular weight is 287 g/mol. The highest BCUT2D eigenvalue weighted by molar-refractivity contribution is 5.90. The Morgan fingerprint density at radius 3 is 2.38 bits per heavy atom. The SMILES string of the molecule is CCCCC(CC)C(=O)C(C#N)c1ccc(OCC)cc1. The predicted molar refractivity (Wildman–Crippen MR) is 84.3 cm³/mol. The first kappa shape index (κ1) is 17.2. The molecule has 0 aliphatic carbocycles. The van der Waals surface area contributed by atoms with Crippen molar-refractivity contribution in [2.24, 2.45) is 5.92 Å². The second-order valence-electron chi connectivity index (χ2n) is 5.21. The Balaban J connectivity index is 2.85. The van der Waals surface area contributed by atoms with Gasteiger partial charge in [0.2, 0.25) is 0 Å². The molecule has 0 spiro atoms. The molecule has 1 aromatic rings. The van der Waals surface area contributed by atoms with Crippen LogP contribution in [0.15, 0.2) is 24.3 Å². The van der Waals surface area contributed by atoms with E-state index >= 15 is 0 Å². The Labute approximate surface area is 127 Å². The Kier molecular flexibility index (Phi) is 7.53. The maximum absolute atomic E-state index is 12.6. The van der Waals surface area contributed by atoms with Gasteiger partial charge in [-0.15, -0.1) is 0 Å². The Morgan fingerprint density at radius 1 is 1.24 bits per heavy atom. The Hall–Kier alpha value is -1.82. The number of carbonyl (C=O) groups excluding carboxylic acids is 1. The third-order valence-corrected chi connectivity index (χ3v) is 3.74. The second kappa shape index (κ2) is 9.18. The molecule has 1 aromatic carbocycles. The summed E-state index contributed by atoms with van der Waals surface area (Å²) in [5, 5.41) is 9.39. The third kappa shape index (κ3) is 4.90. The molecule has 3 nitrogen and oxygen atoms in total. The molecular formula is C18H25NO2. The number of hydrogen-bond acceptors (Lipinski definition) is 3. The fourth-order valence-corrected chi connectivity index (χ4v) is 2.46. The van der Waals surface area contributed by atoms with E-state index < -0.39 is 5.92 Å². The van der Waals surface area contributed by atoms with Crippen LogP contribution in [-0.2, 0) is 4.79 Å². The number of hydrogen-bond donors (Lipinski definition) is 0. The molecule has 0 heterocycles. The van der Waals surface area contributed by atoms with E-state index in [1.165, 1.54) is 0 Å². The van der Waals surface area contributed by atoms with E-state index in [0.717, 1.165) is 37.0 Å². The number of ketones is 1. The highest BCUT2D eigenvalue weighted by atomic mass is 16.5. The zero-order valence-electron chi connectivity index (χ0n) is 13.3. The molecule has 2 unspecified atom stereocenters. The van der Waals surface area contributed by atoms with Crippen LogP contribution >= 0.6 is 0 Å². The molecule has 114 valence electrons. The molecule has 0 aromatic heterocycles. The number of benzene rings is 1. The summed E-state index contributed by atoms with van der Waals surface area (Å²) in [7, 11) is 0. The van der Waals surface area contributed by atoms with Gasteiger partial charge in [-0.1, -0.05) is 38.8 Å². The maximum atomic E-state index is 12.6. The van der Waals surface area contributed by atoms with Crippen LogP contribution in [0.4, 0.5) is 0 Å². The zero-order valence-corrected chi connectivity index (χ0v) is 13.3. The first-order chi connectivity index (χ1) is 10.2. The van der Waals surface area contributed by atoms with E-state index in [4.69, 9.17) is 4.74 Å². The molecule has 0 aliphatic heterocycles. The molecule has 2 atom stereocenters. The van der Waals surface area contributed by atoms with Gasteiger partial charge in [0.25, 0.3) is 0 Å². The first-order valence-corrected chi connectivity index (χ1v) is 7.83. The Morgan fingerprint density at radius 2 is 1.90 bits per heavy atom. The number of rotatable bonds is 9. The van der Waals surface area contributed by atoms with Crippen molar-refractivity contribution in [2.75, 3.05) is 6.61 Å². The highest BCUT2D eigenvalue weighted by Crippen LogP contribution is 2.26. The largest absolute Gasteiger partial charge is 0.494 e. The molecule has 3 heteroatoms. The van der Waals surface area contributed by atoms with Crippen LogP contribution in [0.1, 0.15) is 57.9 Å². The maximum Gasteiger partial charge on any atom is 0.157 e. The van der Waals surface area contributed by atoms with Crippen LogP contribution in [0.25, 0.3) is 0 Å². The van der Waals surface area contributed by atoms with E-state index in [1.807, 2.05) is 38.1 Å². The molecule has 0 N–H and O–H groups in total. The molecule has 0 fully saturated rings. The summed E-state index contributed by atoms with van der Waals surface area (Å²) in [6, 6.07) is 9.46. The van der Waals surface area contributed by atoms with Crippen LogP contribution in [0, 0.1) is 17.2 Å². The molecule has 21 heavy (non-hydrogen) atoms. The summed E-state index contributed by atoms with van der Waals surface area (Å²) >= 11 is 0. The average Bonchev–Trinajstić information content (AvgIpc) is 2.51. The fraction of sp³-hybridized carbons (Fsp3) is 0.556. The number of Topliss-reactive ketones (excluding diaryl/α,β-unsaturated/α-hetero) is 1. The van der Waals surface area contributed by atoms with E-state index in [-0.39, 0.29) is 11.7 Å². The Bertz CT molecular complexity index is 473. The monoisotopic (exact) mass is 287 g/mol. The van der Waals surface area contributed by atoms with Crippen molar-refractivity contribution in [3.05, 3.63) is 29.8 Å². The van der Waals surface area contributed by atoms with Gasteiger partial charge >= 0.3 is 0 Å². The minimum absolute atomic E-state index is 0.0128. The topological polar surface area (TPSA) is 50.1 Å². The van der Waals surface area contributed by atoms with E-state index in [9.17, 15) is 10.1 Å². The van der Waals surface area contributed by atoms with Crippen molar-refractivity contribution in [1.29, 1.82) is 5.26 Å². The van der Waals surface area contributed by atoms with E-state index in [1.54, 1.807) is 0 Å². The lowest BCUT2D eigenvalue weighted by Gasteiger charge is -2.17.